The number of nitrogens with one attached hydrogen (secondary N) is 2. The van der Waals surface area contributed by atoms with Crippen molar-refractivity contribution in [3.05, 3.63) is 65.2 Å². The lowest BCUT2D eigenvalue weighted by atomic mass is 10.2. The minimum atomic E-state index is -0.474. The van der Waals surface area contributed by atoms with Crippen LogP contribution in [0.15, 0.2) is 54.6 Å². The Balaban J connectivity index is 1.59. The Hall–Kier alpha value is -1.71. The molecule has 0 amide bonds. The third kappa shape index (κ3) is 6.13. The predicted octanol–water partition coefficient (Wildman–Crippen LogP) is 2.38. The molecule has 8 heteroatoms. The molecule has 0 bridgehead atoms. The Labute approximate surface area is 177 Å². The van der Waals surface area contributed by atoms with Crippen LogP contribution in [0, 0.1) is 0 Å². The first kappa shape index (κ1) is 22.0. The van der Waals surface area contributed by atoms with E-state index in [-0.39, 0.29) is 6.29 Å². The van der Waals surface area contributed by atoms with Crippen LogP contribution in [-0.2, 0) is 11.4 Å². The summed E-state index contributed by atoms with van der Waals surface area (Å²) in [5.74, 6) is 0. The minimum absolute atomic E-state index is 0.369. The van der Waals surface area contributed by atoms with Gasteiger partial charge in [-0.25, -0.2) is 0 Å². The van der Waals surface area contributed by atoms with E-state index in [1.54, 1.807) is 5.06 Å². The number of nitrogens with zero attached hydrogens (tertiary/aromatic N) is 2. The Morgan fingerprint density at radius 2 is 1.79 bits per heavy atom. The summed E-state index contributed by atoms with van der Waals surface area (Å²) in [6, 6.07) is 18.3. The Morgan fingerprint density at radius 3 is 2.45 bits per heavy atom. The summed E-state index contributed by atoms with van der Waals surface area (Å²) in [4.78, 5) is 8.32. The van der Waals surface area contributed by atoms with Crippen molar-refractivity contribution in [1.82, 2.24) is 15.7 Å². The maximum Gasteiger partial charge on any atom is 0.139 e. The third-order valence-corrected chi connectivity index (χ3v) is 5.13. The molecule has 1 heterocycles. The molecule has 2 unspecified atom stereocenters. The van der Waals surface area contributed by atoms with Crippen LogP contribution < -0.4 is 27.0 Å². The van der Waals surface area contributed by atoms with Crippen molar-refractivity contribution in [1.29, 1.82) is 0 Å². The third-order valence-electron chi connectivity index (χ3n) is 4.87. The summed E-state index contributed by atoms with van der Waals surface area (Å²) >= 11 is 6.06. The van der Waals surface area contributed by atoms with E-state index in [1.807, 2.05) is 44.2 Å². The highest BCUT2D eigenvalue weighted by Gasteiger charge is 2.38. The molecule has 158 valence electrons. The fourth-order valence-corrected chi connectivity index (χ4v) is 3.63. The monoisotopic (exact) mass is 418 g/mol. The molecule has 0 aromatic heterocycles. The van der Waals surface area contributed by atoms with E-state index in [0.717, 1.165) is 30.2 Å². The molecule has 2 aromatic carbocycles. The van der Waals surface area contributed by atoms with Gasteiger partial charge in [0.1, 0.15) is 12.6 Å². The number of hydrogen-bond donors (Lipinski definition) is 4. The van der Waals surface area contributed by atoms with Crippen molar-refractivity contribution in [3.8, 4) is 0 Å². The minimum Gasteiger partial charge on any atom is -0.367 e. The molecule has 0 saturated carbocycles. The molecule has 6 N–H and O–H groups in total. The second-order valence-electron chi connectivity index (χ2n) is 7.69. The van der Waals surface area contributed by atoms with Gasteiger partial charge in [0.05, 0.1) is 12.3 Å². The van der Waals surface area contributed by atoms with Crippen LogP contribution in [0.3, 0.4) is 0 Å². The van der Waals surface area contributed by atoms with Gasteiger partial charge in [-0.15, -0.1) is 5.06 Å². The maximum absolute atomic E-state index is 6.14. The maximum atomic E-state index is 6.14. The van der Waals surface area contributed by atoms with Gasteiger partial charge < -0.3 is 16.4 Å². The molecule has 2 aromatic rings. The first-order valence-corrected chi connectivity index (χ1v) is 10.2. The Bertz CT molecular complexity index is 758. The summed E-state index contributed by atoms with van der Waals surface area (Å²) in [6.45, 7) is 6.16. The molecule has 29 heavy (non-hydrogen) atoms. The number of benzene rings is 2. The van der Waals surface area contributed by atoms with Crippen molar-refractivity contribution < 1.29 is 4.84 Å². The molecule has 2 atom stereocenters. The fourth-order valence-electron chi connectivity index (χ4n) is 3.50. The lowest BCUT2D eigenvalue weighted by Crippen LogP contribution is -2.77. The van der Waals surface area contributed by atoms with Crippen molar-refractivity contribution in [2.45, 2.75) is 45.1 Å². The number of halogens is 1. The molecular weight excluding hydrogens is 388 g/mol. The summed E-state index contributed by atoms with van der Waals surface area (Å²) in [5, 5.41) is 8.69. The molecule has 3 rings (SSSR count). The summed E-state index contributed by atoms with van der Waals surface area (Å²) < 4.78 is 0. The number of rotatable bonds is 8. The summed E-state index contributed by atoms with van der Waals surface area (Å²) in [5.41, 5.74) is 14.0. The molecule has 7 nitrogen and oxygen atoms in total. The highest BCUT2D eigenvalue weighted by molar-refractivity contribution is 6.30. The zero-order chi connectivity index (χ0) is 20.9. The van der Waals surface area contributed by atoms with E-state index in [4.69, 9.17) is 27.9 Å². The van der Waals surface area contributed by atoms with Gasteiger partial charge in [0.15, 0.2) is 0 Å². The number of anilines is 1. The molecule has 0 aliphatic carbocycles. The van der Waals surface area contributed by atoms with Crippen LogP contribution in [0.25, 0.3) is 0 Å². The fraction of sp³-hybridized carbons (Fsp3) is 0.429. The van der Waals surface area contributed by atoms with E-state index < -0.39 is 12.0 Å². The van der Waals surface area contributed by atoms with Crippen LogP contribution in [0.2, 0.25) is 5.02 Å². The second-order valence-corrected chi connectivity index (χ2v) is 8.13. The van der Waals surface area contributed by atoms with Crippen LogP contribution in [0.4, 0.5) is 5.69 Å². The van der Waals surface area contributed by atoms with E-state index >= 15 is 0 Å². The highest BCUT2D eigenvalue weighted by atomic mass is 35.5. The lowest BCUT2D eigenvalue weighted by molar-refractivity contribution is -0.272. The standard InChI is InChI=1S/C21H31ClN6O/c1-21(2)26-19(23)25-20(24)28(21)29-14-6-13-27(15-16-7-4-3-5-8-16)18-11-9-17(22)10-12-18/h3-5,7-12,19-20,25-26H,6,13-15,23-24H2,1-2H3. The Kier molecular flexibility index (Phi) is 7.48. The largest absolute Gasteiger partial charge is 0.367 e. The number of hydrogen-bond acceptors (Lipinski definition) is 7. The molecular formula is C21H31ClN6O. The van der Waals surface area contributed by atoms with E-state index in [1.165, 1.54) is 5.56 Å². The van der Waals surface area contributed by atoms with Crippen LogP contribution in [0.5, 0.6) is 0 Å². The molecule has 1 aliphatic heterocycles. The van der Waals surface area contributed by atoms with Gasteiger partial charge in [-0.1, -0.05) is 41.9 Å². The molecule has 1 saturated heterocycles. The molecule has 0 radical (unpaired) electrons. The summed E-state index contributed by atoms with van der Waals surface area (Å²) in [7, 11) is 0. The van der Waals surface area contributed by atoms with Gasteiger partial charge in [0.25, 0.3) is 0 Å². The highest BCUT2D eigenvalue weighted by Crippen LogP contribution is 2.21. The average Bonchev–Trinajstić information content (AvgIpc) is 2.66. The van der Waals surface area contributed by atoms with Crippen molar-refractivity contribution >= 4 is 17.3 Å². The normalized spacial score (nSPS) is 21.8. The van der Waals surface area contributed by atoms with Gasteiger partial charge in [-0.3, -0.25) is 15.5 Å². The first-order valence-electron chi connectivity index (χ1n) is 9.87. The van der Waals surface area contributed by atoms with E-state index in [2.05, 4.69) is 39.8 Å². The van der Waals surface area contributed by atoms with Gasteiger partial charge in [-0.05, 0) is 50.1 Å². The molecule has 1 fully saturated rings. The topological polar surface area (TPSA) is 91.8 Å². The average molecular weight is 419 g/mol. The van der Waals surface area contributed by atoms with Crippen molar-refractivity contribution in [2.75, 3.05) is 18.1 Å². The van der Waals surface area contributed by atoms with Gasteiger partial charge >= 0.3 is 0 Å². The number of nitrogens with two attached hydrogens (primary N) is 2. The number of hydroxylamine groups is 2. The molecule has 0 spiro atoms. The Morgan fingerprint density at radius 1 is 1.10 bits per heavy atom. The van der Waals surface area contributed by atoms with Crippen LogP contribution in [-0.4, -0.2) is 36.5 Å². The predicted molar refractivity (Wildman–Crippen MR) is 118 cm³/mol. The van der Waals surface area contributed by atoms with Crippen molar-refractivity contribution in [3.63, 3.8) is 0 Å². The SMILES string of the molecule is CC1(C)NC(N)NC(N)N1OCCCN(Cc1ccccc1)c1ccc(Cl)cc1. The van der Waals surface area contributed by atoms with Gasteiger partial charge in [0.2, 0.25) is 0 Å². The smallest absolute Gasteiger partial charge is 0.139 e. The van der Waals surface area contributed by atoms with Crippen molar-refractivity contribution in [2.24, 2.45) is 11.5 Å². The van der Waals surface area contributed by atoms with Gasteiger partial charge in [0, 0.05) is 23.8 Å². The molecule has 1 aliphatic rings. The van der Waals surface area contributed by atoms with E-state index in [0.29, 0.717) is 6.61 Å². The van der Waals surface area contributed by atoms with Crippen LogP contribution >= 0.6 is 11.6 Å². The zero-order valence-electron chi connectivity index (χ0n) is 17.0. The second kappa shape index (κ2) is 9.86. The van der Waals surface area contributed by atoms with Crippen LogP contribution in [0.1, 0.15) is 25.8 Å². The first-order chi connectivity index (χ1) is 13.8. The lowest BCUT2D eigenvalue weighted by Gasteiger charge is -2.48. The quantitative estimate of drug-likeness (QED) is 0.489. The summed E-state index contributed by atoms with van der Waals surface area (Å²) in [6.07, 6.45) is -0.00933. The zero-order valence-corrected chi connectivity index (χ0v) is 17.8. The van der Waals surface area contributed by atoms with E-state index in [9.17, 15) is 0 Å². The van der Waals surface area contributed by atoms with Gasteiger partial charge in [-0.2, -0.15) is 0 Å².